The first-order valence-electron chi connectivity index (χ1n) is 6.60. The Morgan fingerprint density at radius 2 is 2.10 bits per heavy atom. The number of carbonyl (C=O) groups is 1. The number of carbonyl (C=O) groups excluding carboxylic acids is 1. The van der Waals surface area contributed by atoms with Crippen molar-refractivity contribution in [3.63, 3.8) is 0 Å². The van der Waals surface area contributed by atoms with Crippen LogP contribution in [0.3, 0.4) is 0 Å². The van der Waals surface area contributed by atoms with Gasteiger partial charge in [-0.3, -0.25) is 4.79 Å². The third kappa shape index (κ3) is 2.80. The van der Waals surface area contributed by atoms with E-state index in [1.807, 2.05) is 6.07 Å². The van der Waals surface area contributed by atoms with Crippen LogP contribution in [0.4, 0.5) is 0 Å². The zero-order valence-electron chi connectivity index (χ0n) is 12.5. The van der Waals surface area contributed by atoms with Crippen molar-refractivity contribution < 1.29 is 23.8 Å². The quantitative estimate of drug-likeness (QED) is 0.879. The molecule has 1 atom stereocenters. The van der Waals surface area contributed by atoms with E-state index in [0.717, 1.165) is 5.39 Å². The molecule has 0 saturated carbocycles. The van der Waals surface area contributed by atoms with Gasteiger partial charge in [0.2, 0.25) is 5.75 Å². The molecule has 0 aliphatic rings. The van der Waals surface area contributed by atoms with Crippen LogP contribution in [-0.4, -0.2) is 37.9 Å². The third-order valence-corrected chi connectivity index (χ3v) is 3.21. The first-order chi connectivity index (χ1) is 9.99. The number of hydrogen-bond donors (Lipinski definition) is 2. The minimum atomic E-state index is -0.617. The summed E-state index contributed by atoms with van der Waals surface area (Å²) in [4.78, 5) is 12.1. The monoisotopic (exact) mass is 293 g/mol. The molecule has 0 bridgehead atoms. The van der Waals surface area contributed by atoms with Gasteiger partial charge in [0.1, 0.15) is 0 Å². The second-order valence-electron chi connectivity index (χ2n) is 4.79. The highest BCUT2D eigenvalue weighted by Crippen LogP contribution is 2.39. The maximum atomic E-state index is 12.1. The number of amides is 1. The summed E-state index contributed by atoms with van der Waals surface area (Å²) in [7, 11) is 3.05. The van der Waals surface area contributed by atoms with Crippen LogP contribution < -0.4 is 14.8 Å². The number of ether oxygens (including phenoxy) is 2. The Bertz CT molecular complexity index is 660. The number of rotatable bonds is 5. The SMILES string of the molecule is COc1ccc2c(C)c(C(=O)NC[C@@H](C)O)oc2c1OC. The number of hydrogen-bond acceptors (Lipinski definition) is 5. The molecule has 114 valence electrons. The number of nitrogens with one attached hydrogen (secondary N) is 1. The van der Waals surface area contributed by atoms with Crippen LogP contribution in [-0.2, 0) is 0 Å². The number of methoxy groups -OCH3 is 2. The van der Waals surface area contributed by atoms with Crippen molar-refractivity contribution in [1.29, 1.82) is 0 Å². The van der Waals surface area contributed by atoms with E-state index in [9.17, 15) is 9.90 Å². The van der Waals surface area contributed by atoms with Gasteiger partial charge >= 0.3 is 0 Å². The lowest BCUT2D eigenvalue weighted by atomic mass is 10.1. The molecule has 0 radical (unpaired) electrons. The first kappa shape index (κ1) is 15.2. The molecular formula is C15H19NO5. The summed E-state index contributed by atoms with van der Waals surface area (Å²) < 4.78 is 16.2. The largest absolute Gasteiger partial charge is 0.493 e. The molecule has 0 aliphatic carbocycles. The fourth-order valence-corrected chi connectivity index (χ4v) is 2.13. The van der Waals surface area contributed by atoms with Crippen molar-refractivity contribution >= 4 is 16.9 Å². The second kappa shape index (κ2) is 6.05. The Morgan fingerprint density at radius 1 is 1.38 bits per heavy atom. The molecule has 1 amide bonds. The number of aryl methyl sites for hydroxylation is 1. The smallest absolute Gasteiger partial charge is 0.287 e. The van der Waals surface area contributed by atoms with Crippen molar-refractivity contribution in [2.75, 3.05) is 20.8 Å². The lowest BCUT2D eigenvalue weighted by Crippen LogP contribution is -2.30. The van der Waals surface area contributed by atoms with E-state index < -0.39 is 6.10 Å². The van der Waals surface area contributed by atoms with Crippen LogP contribution >= 0.6 is 0 Å². The molecule has 6 heteroatoms. The Morgan fingerprint density at radius 3 is 2.67 bits per heavy atom. The Hall–Kier alpha value is -2.21. The molecule has 0 spiro atoms. The predicted molar refractivity (Wildman–Crippen MR) is 78.1 cm³/mol. The molecule has 1 aromatic heterocycles. The molecule has 0 fully saturated rings. The lowest BCUT2D eigenvalue weighted by molar-refractivity contribution is 0.0897. The average Bonchev–Trinajstić information content (AvgIpc) is 2.81. The summed E-state index contributed by atoms with van der Waals surface area (Å²) in [5, 5.41) is 12.6. The van der Waals surface area contributed by atoms with Crippen LogP contribution in [0.2, 0.25) is 0 Å². The van der Waals surface area contributed by atoms with Gasteiger partial charge in [-0.2, -0.15) is 0 Å². The van der Waals surface area contributed by atoms with E-state index >= 15 is 0 Å². The van der Waals surface area contributed by atoms with Crippen LogP contribution in [0.15, 0.2) is 16.5 Å². The minimum absolute atomic E-state index is 0.162. The van der Waals surface area contributed by atoms with Gasteiger partial charge < -0.3 is 24.3 Å². The highest BCUT2D eigenvalue weighted by atomic mass is 16.5. The predicted octanol–water partition coefficient (Wildman–Crippen LogP) is 1.87. The molecule has 1 heterocycles. The first-order valence-corrected chi connectivity index (χ1v) is 6.60. The summed E-state index contributed by atoms with van der Waals surface area (Å²) >= 11 is 0. The molecule has 0 unspecified atom stereocenters. The average molecular weight is 293 g/mol. The molecule has 1 aromatic carbocycles. The highest BCUT2D eigenvalue weighted by molar-refractivity contribution is 6.00. The summed E-state index contributed by atoms with van der Waals surface area (Å²) in [5.74, 6) is 0.824. The van der Waals surface area contributed by atoms with E-state index in [1.165, 1.54) is 14.2 Å². The van der Waals surface area contributed by atoms with Crippen LogP contribution in [0.5, 0.6) is 11.5 Å². The van der Waals surface area contributed by atoms with Gasteiger partial charge in [0.25, 0.3) is 5.91 Å². The van der Waals surface area contributed by atoms with Gasteiger partial charge in [-0.25, -0.2) is 0 Å². The number of fused-ring (bicyclic) bond motifs is 1. The molecule has 0 saturated heterocycles. The molecule has 21 heavy (non-hydrogen) atoms. The highest BCUT2D eigenvalue weighted by Gasteiger charge is 2.22. The lowest BCUT2D eigenvalue weighted by Gasteiger charge is -2.06. The Kier molecular flexibility index (Phi) is 4.37. The van der Waals surface area contributed by atoms with Crippen molar-refractivity contribution in [1.82, 2.24) is 5.32 Å². The Balaban J connectivity index is 2.47. The molecule has 2 rings (SSSR count). The van der Waals surface area contributed by atoms with E-state index in [4.69, 9.17) is 13.9 Å². The van der Waals surface area contributed by atoms with Gasteiger partial charge in [-0.05, 0) is 26.0 Å². The van der Waals surface area contributed by atoms with Gasteiger partial charge in [0.05, 0.1) is 20.3 Å². The standard InChI is InChI=1S/C15H19NO5/c1-8(17)7-16-15(18)12-9(2)10-5-6-11(19-3)14(20-4)13(10)21-12/h5-6,8,17H,7H2,1-4H3,(H,16,18)/t8-/m1/s1. The van der Waals surface area contributed by atoms with Gasteiger partial charge in [-0.15, -0.1) is 0 Å². The summed E-state index contributed by atoms with van der Waals surface area (Å²) in [6.07, 6.45) is -0.617. The fraction of sp³-hybridized carbons (Fsp3) is 0.400. The maximum absolute atomic E-state index is 12.1. The van der Waals surface area contributed by atoms with E-state index in [2.05, 4.69) is 5.32 Å². The summed E-state index contributed by atoms with van der Waals surface area (Å²) in [5.41, 5.74) is 1.19. The zero-order chi connectivity index (χ0) is 15.6. The molecule has 6 nitrogen and oxygen atoms in total. The fourth-order valence-electron chi connectivity index (χ4n) is 2.13. The molecule has 2 aromatic rings. The second-order valence-corrected chi connectivity index (χ2v) is 4.79. The third-order valence-electron chi connectivity index (χ3n) is 3.21. The van der Waals surface area contributed by atoms with Crippen LogP contribution in [0.1, 0.15) is 23.0 Å². The van der Waals surface area contributed by atoms with Gasteiger partial charge in [0.15, 0.2) is 17.1 Å². The van der Waals surface area contributed by atoms with Crippen molar-refractivity contribution in [2.45, 2.75) is 20.0 Å². The Labute approximate surface area is 122 Å². The number of furan rings is 1. The van der Waals surface area contributed by atoms with E-state index in [-0.39, 0.29) is 18.2 Å². The van der Waals surface area contributed by atoms with E-state index in [1.54, 1.807) is 19.9 Å². The number of aliphatic hydroxyl groups is 1. The van der Waals surface area contributed by atoms with Gasteiger partial charge in [-0.1, -0.05) is 0 Å². The summed E-state index contributed by atoms with van der Waals surface area (Å²) in [6.45, 7) is 3.56. The number of benzene rings is 1. The number of aliphatic hydroxyl groups excluding tert-OH is 1. The van der Waals surface area contributed by atoms with Gasteiger partial charge in [0, 0.05) is 17.5 Å². The zero-order valence-corrected chi connectivity index (χ0v) is 12.5. The van der Waals surface area contributed by atoms with Crippen molar-refractivity contribution in [3.8, 4) is 11.5 Å². The molecular weight excluding hydrogens is 274 g/mol. The van der Waals surface area contributed by atoms with Crippen molar-refractivity contribution in [3.05, 3.63) is 23.5 Å². The topological polar surface area (TPSA) is 80.9 Å². The summed E-state index contributed by atoms with van der Waals surface area (Å²) in [6, 6.07) is 3.59. The van der Waals surface area contributed by atoms with Crippen molar-refractivity contribution in [2.24, 2.45) is 0 Å². The van der Waals surface area contributed by atoms with Crippen LogP contribution in [0.25, 0.3) is 11.0 Å². The normalized spacial score (nSPS) is 12.2. The van der Waals surface area contributed by atoms with E-state index in [0.29, 0.717) is 22.6 Å². The maximum Gasteiger partial charge on any atom is 0.287 e. The minimum Gasteiger partial charge on any atom is -0.493 e. The molecule has 0 aliphatic heterocycles. The molecule has 2 N–H and O–H groups in total. The van der Waals surface area contributed by atoms with Crippen LogP contribution in [0, 0.1) is 6.92 Å².